The predicted octanol–water partition coefficient (Wildman–Crippen LogP) is 3.33. The Bertz CT molecular complexity index is 960. The highest BCUT2D eigenvalue weighted by atomic mass is 19.1. The molecule has 4 nitrogen and oxygen atoms in total. The van der Waals surface area contributed by atoms with Crippen molar-refractivity contribution in [2.45, 2.75) is 12.3 Å². The lowest BCUT2D eigenvalue weighted by Crippen LogP contribution is -2.38. The van der Waals surface area contributed by atoms with Gasteiger partial charge < -0.3 is 19.5 Å². The number of ether oxygens (including phenoxy) is 3. The Morgan fingerprint density at radius 1 is 1.21 bits per heavy atom. The molecule has 0 aromatic heterocycles. The summed E-state index contributed by atoms with van der Waals surface area (Å²) in [4.78, 5) is 0. The van der Waals surface area contributed by atoms with Crippen LogP contribution in [0.1, 0.15) is 26.1 Å². The van der Waals surface area contributed by atoms with Crippen molar-refractivity contribution in [2.75, 3.05) is 26.4 Å². The molecular weight excluding hydrogens is 309 g/mol. The van der Waals surface area contributed by atoms with E-state index in [1.807, 2.05) is 0 Å². The van der Waals surface area contributed by atoms with Crippen molar-refractivity contribution in [3.8, 4) is 17.2 Å². The molecule has 2 aromatic carbocycles. The first kappa shape index (κ1) is 9.89. The molecule has 1 fully saturated rings. The second kappa shape index (κ2) is 6.69. The molecule has 0 amide bonds. The minimum atomic E-state index is -2.27. The minimum absolute atomic E-state index is 0.158. The summed E-state index contributed by atoms with van der Waals surface area (Å²) in [5.41, 5.74) is 0.326. The number of fused-ring (bicyclic) bond motifs is 1. The topological polar surface area (TPSA) is 39.7 Å². The van der Waals surface area contributed by atoms with E-state index in [9.17, 15) is 4.39 Å². The zero-order valence-corrected chi connectivity index (χ0v) is 12.8. The molecule has 4 rings (SSSR count). The average Bonchev–Trinajstić information content (AvgIpc) is 2.97. The maximum absolute atomic E-state index is 13.4. The summed E-state index contributed by atoms with van der Waals surface area (Å²) in [5.74, 6) is -3.11. The number of nitrogens with one attached hydrogen (secondary N) is 1. The predicted molar refractivity (Wildman–Crippen MR) is 88.2 cm³/mol. The third-order valence-electron chi connectivity index (χ3n) is 3.94. The molecule has 24 heavy (non-hydrogen) atoms. The van der Waals surface area contributed by atoms with Crippen molar-refractivity contribution in [1.29, 1.82) is 0 Å². The van der Waals surface area contributed by atoms with Crippen LogP contribution >= 0.6 is 0 Å². The van der Waals surface area contributed by atoms with Crippen molar-refractivity contribution in [3.05, 3.63) is 53.8 Å². The molecule has 1 unspecified atom stereocenters. The van der Waals surface area contributed by atoms with Crippen molar-refractivity contribution < 1.29 is 26.8 Å². The summed E-state index contributed by atoms with van der Waals surface area (Å²) in [6.07, 6.45) is -0.320. The molecule has 1 saturated heterocycles. The van der Waals surface area contributed by atoms with Crippen LogP contribution in [0.2, 0.25) is 0 Å². The molecule has 0 radical (unpaired) electrons. The summed E-state index contributed by atoms with van der Waals surface area (Å²) < 4.78 is 78.2. The molecule has 2 aliphatic rings. The van der Waals surface area contributed by atoms with E-state index >= 15 is 0 Å². The Labute approximate surface area is 149 Å². The molecule has 2 heterocycles. The van der Waals surface area contributed by atoms with E-state index in [1.54, 1.807) is 0 Å². The number of benzene rings is 2. The first-order chi connectivity index (χ1) is 13.9. The zero-order valence-electron chi connectivity index (χ0n) is 18.8. The number of piperidine rings is 1. The van der Waals surface area contributed by atoms with Gasteiger partial charge in [0, 0.05) is 24.0 Å². The third kappa shape index (κ3) is 3.17. The van der Waals surface area contributed by atoms with E-state index < -0.39 is 30.8 Å². The van der Waals surface area contributed by atoms with Crippen LogP contribution in [0.4, 0.5) is 4.39 Å². The Kier molecular flexibility index (Phi) is 2.76. The quantitative estimate of drug-likeness (QED) is 0.930. The Morgan fingerprint density at radius 2 is 2.04 bits per heavy atom. The van der Waals surface area contributed by atoms with Crippen LogP contribution in [0.15, 0.2) is 42.5 Å². The smallest absolute Gasteiger partial charge is 0.231 e. The zero-order chi connectivity index (χ0) is 21.8. The van der Waals surface area contributed by atoms with Crippen LogP contribution in [-0.4, -0.2) is 26.4 Å². The van der Waals surface area contributed by atoms with E-state index in [0.29, 0.717) is 5.56 Å². The van der Waals surface area contributed by atoms with Gasteiger partial charge in [0.15, 0.2) is 11.5 Å². The van der Waals surface area contributed by atoms with Crippen molar-refractivity contribution in [1.82, 2.24) is 5.32 Å². The maximum Gasteiger partial charge on any atom is 0.231 e. The molecule has 0 bridgehead atoms. The monoisotopic (exact) mass is 335 g/mol. The Balaban J connectivity index is 1.59. The average molecular weight is 335 g/mol. The number of rotatable bonds is 4. The van der Waals surface area contributed by atoms with E-state index in [4.69, 9.17) is 22.4 Å². The molecule has 1 N–H and O–H groups in total. The van der Waals surface area contributed by atoms with Gasteiger partial charge in [0.2, 0.25) is 6.75 Å². The highest BCUT2D eigenvalue weighted by Gasteiger charge is 2.27. The maximum atomic E-state index is 13.4. The summed E-state index contributed by atoms with van der Waals surface area (Å²) in [6, 6.07) is 9.63. The Morgan fingerprint density at radius 3 is 2.92 bits per heavy atom. The van der Waals surface area contributed by atoms with Crippen LogP contribution in [0.5, 0.6) is 17.2 Å². The second-order valence-corrected chi connectivity index (χ2v) is 5.48. The van der Waals surface area contributed by atoms with Crippen molar-refractivity contribution in [3.63, 3.8) is 0 Å². The van der Waals surface area contributed by atoms with E-state index in [0.717, 1.165) is 0 Å². The molecular formula is C19H20FNO3. The second-order valence-electron chi connectivity index (χ2n) is 5.48. The fourth-order valence-corrected chi connectivity index (χ4v) is 2.67. The third-order valence-corrected chi connectivity index (χ3v) is 3.94. The van der Waals surface area contributed by atoms with Crippen LogP contribution in [0, 0.1) is 11.7 Å². The molecule has 126 valence electrons. The normalized spacial score (nSPS) is 36.4. The van der Waals surface area contributed by atoms with E-state index in [-0.39, 0.29) is 36.8 Å². The first-order valence-corrected chi connectivity index (χ1v) is 7.58. The summed E-state index contributed by atoms with van der Waals surface area (Å²) in [6.45, 7) is -4.56. The molecule has 5 heteroatoms. The van der Waals surface area contributed by atoms with Gasteiger partial charge in [0.1, 0.15) is 14.3 Å². The summed E-state index contributed by atoms with van der Waals surface area (Å²) in [5, 5.41) is 2.65. The molecule has 0 spiro atoms. The molecule has 2 aromatic rings. The molecule has 0 saturated carbocycles. The van der Waals surface area contributed by atoms with Gasteiger partial charge in [0.25, 0.3) is 0 Å². The lowest BCUT2D eigenvalue weighted by atomic mass is 9.81. The van der Waals surface area contributed by atoms with Gasteiger partial charge in [-0.3, -0.25) is 0 Å². The van der Waals surface area contributed by atoms with E-state index in [2.05, 4.69) is 5.32 Å². The lowest BCUT2D eigenvalue weighted by Gasteiger charge is -2.32. The SMILES string of the molecule is [2H]C1([2H])C[C@@]([2H])(c2ccc(F)cc2)C([2H])(COc2ccc3c(c2)OC([2H])([2H])O3)CN1. The molecule has 2 atom stereocenters. The van der Waals surface area contributed by atoms with Crippen LogP contribution < -0.4 is 19.5 Å². The van der Waals surface area contributed by atoms with Gasteiger partial charge in [-0.05, 0) is 48.6 Å². The van der Waals surface area contributed by atoms with Crippen molar-refractivity contribution in [2.24, 2.45) is 5.89 Å². The number of hydrogen-bond donors (Lipinski definition) is 1. The number of halogens is 1. The van der Waals surface area contributed by atoms with Gasteiger partial charge in [-0.15, -0.1) is 0 Å². The van der Waals surface area contributed by atoms with Gasteiger partial charge in [0.05, 0.1) is 6.61 Å². The standard InChI is InChI=1S/C19H20FNO3/c20-15-3-1-13(2-4-15)17-7-8-21-10-14(17)11-22-16-5-6-18-19(9-16)24-12-23-18/h1-6,9,14,17,21H,7-8,10-12H2/t14?,17-/m0/s1/i8D2,12D2,14D,17D. The highest BCUT2D eigenvalue weighted by Crippen LogP contribution is 2.36. The van der Waals surface area contributed by atoms with E-state index in [1.165, 1.54) is 42.5 Å². The van der Waals surface area contributed by atoms with Gasteiger partial charge in [-0.25, -0.2) is 4.39 Å². The highest BCUT2D eigenvalue weighted by molar-refractivity contribution is 5.46. The fourth-order valence-electron chi connectivity index (χ4n) is 2.67. The Hall–Kier alpha value is -2.27. The molecule has 0 aliphatic carbocycles. The van der Waals surface area contributed by atoms with Gasteiger partial charge in [-0.1, -0.05) is 12.1 Å². The van der Waals surface area contributed by atoms with Crippen LogP contribution in [0.25, 0.3) is 0 Å². The van der Waals surface area contributed by atoms with Crippen molar-refractivity contribution >= 4 is 0 Å². The fraction of sp³-hybridized carbons (Fsp3) is 0.368. The molecule has 2 aliphatic heterocycles. The first-order valence-electron chi connectivity index (χ1n) is 10.6. The summed E-state index contributed by atoms with van der Waals surface area (Å²) in [7, 11) is 0. The van der Waals surface area contributed by atoms with Crippen LogP contribution in [0.3, 0.4) is 0 Å². The van der Waals surface area contributed by atoms with Gasteiger partial charge >= 0.3 is 0 Å². The lowest BCUT2D eigenvalue weighted by molar-refractivity contribution is 0.173. The largest absolute Gasteiger partial charge is 0.493 e. The number of hydrogen-bond acceptors (Lipinski definition) is 4. The minimum Gasteiger partial charge on any atom is -0.493 e. The summed E-state index contributed by atoms with van der Waals surface area (Å²) >= 11 is 0. The van der Waals surface area contributed by atoms with Crippen LogP contribution in [-0.2, 0) is 0 Å². The van der Waals surface area contributed by atoms with Gasteiger partial charge in [-0.2, -0.15) is 0 Å².